The molecule has 18 heavy (non-hydrogen) atoms. The van der Waals surface area contributed by atoms with Gasteiger partial charge in [0, 0.05) is 18.2 Å². The highest BCUT2D eigenvalue weighted by atomic mass is 16.3. The number of hydrogen-bond donors (Lipinski definition) is 1. The van der Waals surface area contributed by atoms with Gasteiger partial charge in [-0.05, 0) is 38.9 Å². The lowest BCUT2D eigenvalue weighted by Crippen LogP contribution is -2.34. The van der Waals surface area contributed by atoms with Gasteiger partial charge in [0.15, 0.2) is 0 Å². The SMILES string of the molecule is CCC1CCCCCN1Cc1ccoc1CNC. The summed E-state index contributed by atoms with van der Waals surface area (Å²) in [5.74, 6) is 1.09. The minimum absolute atomic E-state index is 0.754. The molecule has 1 unspecified atom stereocenters. The van der Waals surface area contributed by atoms with Crippen molar-refractivity contribution in [1.82, 2.24) is 10.2 Å². The van der Waals surface area contributed by atoms with Gasteiger partial charge in [-0.2, -0.15) is 0 Å². The second kappa shape index (κ2) is 6.95. The van der Waals surface area contributed by atoms with Crippen LogP contribution < -0.4 is 5.32 Å². The molecule has 3 heteroatoms. The highest BCUT2D eigenvalue weighted by Gasteiger charge is 2.20. The molecule has 1 aromatic rings. The Balaban J connectivity index is 2.03. The van der Waals surface area contributed by atoms with Crippen LogP contribution in [0.5, 0.6) is 0 Å². The van der Waals surface area contributed by atoms with Crippen LogP contribution in [0.4, 0.5) is 0 Å². The van der Waals surface area contributed by atoms with Crippen LogP contribution in [-0.4, -0.2) is 24.5 Å². The predicted molar refractivity (Wildman–Crippen MR) is 74.4 cm³/mol. The molecular weight excluding hydrogens is 224 g/mol. The summed E-state index contributed by atoms with van der Waals surface area (Å²) >= 11 is 0. The van der Waals surface area contributed by atoms with Gasteiger partial charge in [-0.25, -0.2) is 0 Å². The van der Waals surface area contributed by atoms with Crippen molar-refractivity contribution in [3.8, 4) is 0 Å². The molecule has 2 heterocycles. The molecule has 1 aliphatic rings. The summed E-state index contributed by atoms with van der Waals surface area (Å²) in [6.07, 6.45) is 8.57. The van der Waals surface area contributed by atoms with E-state index in [-0.39, 0.29) is 0 Å². The molecule has 2 rings (SSSR count). The van der Waals surface area contributed by atoms with Crippen LogP contribution in [0.3, 0.4) is 0 Å². The van der Waals surface area contributed by atoms with Gasteiger partial charge in [-0.15, -0.1) is 0 Å². The maximum atomic E-state index is 5.56. The molecule has 3 nitrogen and oxygen atoms in total. The van der Waals surface area contributed by atoms with E-state index in [0.717, 1.165) is 24.9 Å². The lowest BCUT2D eigenvalue weighted by atomic mass is 10.1. The Bertz CT molecular complexity index is 348. The first-order chi connectivity index (χ1) is 8.85. The van der Waals surface area contributed by atoms with E-state index in [2.05, 4.69) is 23.2 Å². The maximum absolute atomic E-state index is 5.56. The van der Waals surface area contributed by atoms with Crippen LogP contribution in [0.15, 0.2) is 16.7 Å². The van der Waals surface area contributed by atoms with Crippen LogP contribution in [0.2, 0.25) is 0 Å². The number of nitrogens with zero attached hydrogens (tertiary/aromatic N) is 1. The van der Waals surface area contributed by atoms with Crippen molar-refractivity contribution in [2.45, 2.75) is 58.2 Å². The average Bonchev–Trinajstić information content (AvgIpc) is 2.68. The van der Waals surface area contributed by atoms with E-state index in [9.17, 15) is 0 Å². The fourth-order valence-electron chi connectivity index (χ4n) is 2.95. The van der Waals surface area contributed by atoms with Gasteiger partial charge in [0.25, 0.3) is 0 Å². The van der Waals surface area contributed by atoms with Crippen molar-refractivity contribution in [3.63, 3.8) is 0 Å². The first-order valence-corrected chi connectivity index (χ1v) is 7.29. The van der Waals surface area contributed by atoms with Crippen molar-refractivity contribution in [3.05, 3.63) is 23.7 Å². The lowest BCUT2D eigenvalue weighted by molar-refractivity contribution is 0.185. The van der Waals surface area contributed by atoms with E-state index < -0.39 is 0 Å². The van der Waals surface area contributed by atoms with Gasteiger partial charge in [0.1, 0.15) is 5.76 Å². The van der Waals surface area contributed by atoms with Crippen molar-refractivity contribution in [1.29, 1.82) is 0 Å². The standard InChI is InChI=1S/C15H26N2O/c1-3-14-7-5-4-6-9-17(14)12-13-8-10-18-15(13)11-16-2/h8,10,14,16H,3-7,9,11-12H2,1-2H3. The summed E-state index contributed by atoms with van der Waals surface area (Å²) in [4.78, 5) is 2.65. The summed E-state index contributed by atoms with van der Waals surface area (Å²) in [5.41, 5.74) is 1.35. The van der Waals surface area contributed by atoms with Crippen LogP contribution in [0.1, 0.15) is 50.4 Å². The molecule has 0 radical (unpaired) electrons. The minimum Gasteiger partial charge on any atom is -0.468 e. The largest absolute Gasteiger partial charge is 0.468 e. The van der Waals surface area contributed by atoms with Crippen LogP contribution in [-0.2, 0) is 13.1 Å². The fraction of sp³-hybridized carbons (Fsp3) is 0.733. The molecule has 0 saturated carbocycles. The summed E-state index contributed by atoms with van der Waals surface area (Å²) in [7, 11) is 1.97. The number of hydrogen-bond acceptors (Lipinski definition) is 3. The number of rotatable bonds is 5. The second-order valence-electron chi connectivity index (χ2n) is 5.28. The molecule has 1 N–H and O–H groups in total. The van der Waals surface area contributed by atoms with Crippen LogP contribution in [0, 0.1) is 0 Å². The van der Waals surface area contributed by atoms with Gasteiger partial charge < -0.3 is 9.73 Å². The van der Waals surface area contributed by atoms with E-state index in [1.165, 1.54) is 44.2 Å². The second-order valence-corrected chi connectivity index (χ2v) is 5.28. The van der Waals surface area contributed by atoms with Gasteiger partial charge in [0.05, 0.1) is 12.8 Å². The Hall–Kier alpha value is -0.800. The summed E-state index contributed by atoms with van der Waals surface area (Å²) in [6, 6.07) is 2.88. The van der Waals surface area contributed by atoms with Crippen molar-refractivity contribution in [2.24, 2.45) is 0 Å². The topological polar surface area (TPSA) is 28.4 Å². The Morgan fingerprint density at radius 2 is 2.28 bits per heavy atom. The molecule has 0 bridgehead atoms. The van der Waals surface area contributed by atoms with E-state index >= 15 is 0 Å². The number of likely N-dealkylation sites (tertiary alicyclic amines) is 1. The molecule has 0 aromatic carbocycles. The highest BCUT2D eigenvalue weighted by Crippen LogP contribution is 2.22. The zero-order valence-corrected chi connectivity index (χ0v) is 11.7. The third kappa shape index (κ3) is 3.36. The van der Waals surface area contributed by atoms with Gasteiger partial charge in [-0.3, -0.25) is 4.90 Å². The molecule has 1 aromatic heterocycles. The van der Waals surface area contributed by atoms with Gasteiger partial charge in [-0.1, -0.05) is 19.8 Å². The number of nitrogens with one attached hydrogen (secondary N) is 1. The maximum Gasteiger partial charge on any atom is 0.122 e. The number of furan rings is 1. The molecule has 102 valence electrons. The first kappa shape index (κ1) is 13.6. The summed E-state index contributed by atoms with van der Waals surface area (Å²) < 4.78 is 5.56. The van der Waals surface area contributed by atoms with Crippen LogP contribution >= 0.6 is 0 Å². The van der Waals surface area contributed by atoms with Gasteiger partial charge >= 0.3 is 0 Å². The molecule has 1 saturated heterocycles. The minimum atomic E-state index is 0.754. The molecular formula is C15H26N2O. The Kier molecular flexibility index (Phi) is 5.26. The lowest BCUT2D eigenvalue weighted by Gasteiger charge is -2.29. The van der Waals surface area contributed by atoms with E-state index in [4.69, 9.17) is 4.42 Å². The van der Waals surface area contributed by atoms with Crippen molar-refractivity contribution >= 4 is 0 Å². The molecule has 1 fully saturated rings. The van der Waals surface area contributed by atoms with E-state index in [1.807, 2.05) is 13.3 Å². The Labute approximate surface area is 111 Å². The first-order valence-electron chi connectivity index (χ1n) is 7.29. The monoisotopic (exact) mass is 250 g/mol. The fourth-order valence-corrected chi connectivity index (χ4v) is 2.95. The zero-order chi connectivity index (χ0) is 12.8. The molecule has 0 aliphatic carbocycles. The molecule has 0 amide bonds. The zero-order valence-electron chi connectivity index (χ0n) is 11.7. The predicted octanol–water partition coefficient (Wildman–Crippen LogP) is 3.15. The summed E-state index contributed by atoms with van der Waals surface area (Å²) in [6.45, 7) is 5.43. The summed E-state index contributed by atoms with van der Waals surface area (Å²) in [5, 5.41) is 3.17. The third-order valence-corrected chi connectivity index (χ3v) is 4.02. The highest BCUT2D eigenvalue weighted by molar-refractivity contribution is 5.17. The van der Waals surface area contributed by atoms with Gasteiger partial charge in [0.2, 0.25) is 0 Å². The molecule has 1 atom stereocenters. The Morgan fingerprint density at radius 1 is 1.39 bits per heavy atom. The van der Waals surface area contributed by atoms with E-state index in [0.29, 0.717) is 0 Å². The molecule has 0 spiro atoms. The smallest absolute Gasteiger partial charge is 0.122 e. The normalized spacial score (nSPS) is 22.0. The van der Waals surface area contributed by atoms with Crippen LogP contribution in [0.25, 0.3) is 0 Å². The van der Waals surface area contributed by atoms with Crippen molar-refractivity contribution < 1.29 is 4.42 Å². The third-order valence-electron chi connectivity index (χ3n) is 4.02. The quantitative estimate of drug-likeness (QED) is 0.870. The molecule has 1 aliphatic heterocycles. The van der Waals surface area contributed by atoms with Crippen molar-refractivity contribution in [2.75, 3.05) is 13.6 Å². The Morgan fingerprint density at radius 3 is 3.06 bits per heavy atom. The van der Waals surface area contributed by atoms with E-state index in [1.54, 1.807) is 0 Å². The average molecular weight is 250 g/mol.